The summed E-state index contributed by atoms with van der Waals surface area (Å²) in [7, 11) is 0. The Morgan fingerprint density at radius 3 is 2.18 bits per heavy atom. The molecule has 1 aliphatic rings. The normalized spacial score (nSPS) is 14.4. The number of para-hydroxylation sites is 1. The molecule has 8 nitrogen and oxygen atoms in total. The van der Waals surface area contributed by atoms with Crippen molar-refractivity contribution < 1.29 is 19.1 Å². The first-order chi connectivity index (χ1) is 24.0. The number of esters is 2. The average molecular weight is 668 g/mol. The van der Waals surface area contributed by atoms with E-state index in [1.54, 1.807) is 30.5 Å². The number of ether oxygens (including phenoxy) is 2. The molecule has 0 radical (unpaired) electrons. The Morgan fingerprint density at radius 1 is 0.816 bits per heavy atom. The molecule has 1 aliphatic heterocycles. The number of thiazole rings is 1. The fourth-order valence-electron chi connectivity index (χ4n) is 6.21. The number of rotatable bonds is 9. The summed E-state index contributed by atoms with van der Waals surface area (Å²) in [5, 5.41) is 0.994. The van der Waals surface area contributed by atoms with Crippen molar-refractivity contribution in [1.29, 1.82) is 0 Å². The highest BCUT2D eigenvalue weighted by atomic mass is 32.1. The second-order valence-corrected chi connectivity index (χ2v) is 12.5. The minimum absolute atomic E-state index is 0.190. The molecule has 2 aromatic heterocycles. The maximum atomic E-state index is 14.4. The first-order valence-electron chi connectivity index (χ1n) is 16.1. The average Bonchev–Trinajstić information content (AvgIpc) is 3.64. The number of carbonyl (C=O) groups is 2. The summed E-state index contributed by atoms with van der Waals surface area (Å²) in [5.74, 6) is -0.851. The van der Waals surface area contributed by atoms with E-state index in [1.165, 1.54) is 11.3 Å². The second-order valence-electron chi connectivity index (χ2n) is 11.5. The third-order valence-electron chi connectivity index (χ3n) is 8.41. The Balaban J connectivity index is 1.37. The van der Waals surface area contributed by atoms with Gasteiger partial charge in [0.15, 0.2) is 4.80 Å². The zero-order valence-electron chi connectivity index (χ0n) is 27.0. The van der Waals surface area contributed by atoms with Gasteiger partial charge in [-0.25, -0.2) is 14.6 Å². The molecule has 0 unspecified atom stereocenters. The molecule has 0 aliphatic carbocycles. The molecular weight excluding hydrogens is 635 g/mol. The third kappa shape index (κ3) is 6.16. The minimum Gasteiger partial charge on any atom is -0.463 e. The van der Waals surface area contributed by atoms with Gasteiger partial charge in [-0.1, -0.05) is 102 Å². The third-order valence-corrected chi connectivity index (χ3v) is 9.40. The lowest BCUT2D eigenvalue weighted by molar-refractivity contribution is -0.138. The van der Waals surface area contributed by atoms with Crippen LogP contribution in [-0.4, -0.2) is 34.3 Å². The van der Waals surface area contributed by atoms with Crippen LogP contribution in [0.1, 0.15) is 52.5 Å². The first kappa shape index (κ1) is 31.8. The van der Waals surface area contributed by atoms with Crippen molar-refractivity contribution in [3.8, 4) is 0 Å². The van der Waals surface area contributed by atoms with Gasteiger partial charge in [0.2, 0.25) is 0 Å². The van der Waals surface area contributed by atoms with E-state index in [2.05, 4.69) is 10.6 Å². The predicted molar refractivity (Wildman–Crippen MR) is 191 cm³/mol. The van der Waals surface area contributed by atoms with Gasteiger partial charge < -0.3 is 14.0 Å². The summed E-state index contributed by atoms with van der Waals surface area (Å²) in [5.41, 5.74) is 5.54. The Labute approximate surface area is 286 Å². The molecule has 9 heteroatoms. The van der Waals surface area contributed by atoms with Crippen molar-refractivity contribution in [2.45, 2.75) is 26.4 Å². The van der Waals surface area contributed by atoms with Gasteiger partial charge in [0.05, 0.1) is 40.6 Å². The van der Waals surface area contributed by atoms with E-state index in [9.17, 15) is 14.4 Å². The van der Waals surface area contributed by atoms with Crippen LogP contribution in [0.3, 0.4) is 0 Å². The lowest BCUT2D eigenvalue weighted by atomic mass is 9.93. The molecule has 0 amide bonds. The molecule has 0 fully saturated rings. The topological polar surface area (TPSA) is 91.9 Å². The van der Waals surface area contributed by atoms with Gasteiger partial charge >= 0.3 is 11.9 Å². The van der Waals surface area contributed by atoms with Gasteiger partial charge in [-0.05, 0) is 49.2 Å². The molecule has 0 bridgehead atoms. The van der Waals surface area contributed by atoms with E-state index in [-0.39, 0.29) is 18.1 Å². The van der Waals surface area contributed by atoms with Gasteiger partial charge in [0.25, 0.3) is 5.56 Å². The zero-order chi connectivity index (χ0) is 33.9. The van der Waals surface area contributed by atoms with Crippen LogP contribution in [0.4, 0.5) is 0 Å². The first-order valence-corrected chi connectivity index (χ1v) is 17.0. The zero-order valence-corrected chi connectivity index (χ0v) is 27.9. The predicted octanol–water partition coefficient (Wildman–Crippen LogP) is 6.12. The van der Waals surface area contributed by atoms with E-state index in [4.69, 9.17) is 14.5 Å². The number of aromatic nitrogens is 2. The summed E-state index contributed by atoms with van der Waals surface area (Å²) in [6.45, 7) is 4.63. The highest BCUT2D eigenvalue weighted by Gasteiger charge is 2.35. The summed E-state index contributed by atoms with van der Waals surface area (Å²) in [6, 6.07) is 33.8. The van der Waals surface area contributed by atoms with E-state index in [0.717, 1.165) is 33.2 Å². The molecule has 3 heterocycles. The highest BCUT2D eigenvalue weighted by molar-refractivity contribution is 7.07. The number of fused-ring (bicyclic) bond motifs is 2. The largest absolute Gasteiger partial charge is 0.463 e. The van der Waals surface area contributed by atoms with E-state index >= 15 is 0 Å². The maximum Gasteiger partial charge on any atom is 0.338 e. The number of hydrogen-bond donors (Lipinski definition) is 0. The van der Waals surface area contributed by atoms with Crippen molar-refractivity contribution in [1.82, 2.24) is 9.13 Å². The number of carbonyl (C=O) groups excluding carboxylic acids is 2. The molecule has 0 saturated carbocycles. The lowest BCUT2D eigenvalue weighted by Crippen LogP contribution is -2.39. The number of hydrogen-bond acceptors (Lipinski definition) is 7. The Kier molecular flexibility index (Phi) is 8.91. The molecule has 0 N–H and O–H groups in total. The molecule has 6 aromatic rings. The van der Waals surface area contributed by atoms with Gasteiger partial charge in [-0.2, -0.15) is 0 Å². The number of nitrogens with zero attached hydrogens (tertiary/aromatic N) is 3. The van der Waals surface area contributed by atoms with E-state index in [1.807, 2.05) is 103 Å². The number of benzene rings is 4. The fourth-order valence-corrected chi connectivity index (χ4v) is 7.20. The van der Waals surface area contributed by atoms with Crippen LogP contribution in [0.5, 0.6) is 0 Å². The van der Waals surface area contributed by atoms with Crippen LogP contribution in [0.25, 0.3) is 22.7 Å². The fraction of sp³-hybridized carbons (Fsp3) is 0.150. The van der Waals surface area contributed by atoms with Crippen LogP contribution in [0.15, 0.2) is 131 Å². The van der Waals surface area contributed by atoms with Gasteiger partial charge in [0.1, 0.15) is 0 Å². The molecule has 7 rings (SSSR count). The summed E-state index contributed by atoms with van der Waals surface area (Å²) in [4.78, 5) is 45.7. The standard InChI is InChI=1S/C40H33N3O5S/c1-3-47-38(45)29-21-19-26(20-22-29)24-42-25-30(31-17-11-12-18-32(31)42)23-33-37(44)43-36(28-15-9-6-10-16-28)34(39(46)48-4-2)35(41-40(43)49-33)27-13-7-5-8-14-27/h5-23,25,36H,3-4,24H2,1-2H3/b33-23-/t36-/m0/s1. The molecule has 244 valence electrons. The molecule has 1 atom stereocenters. The Hall–Kier alpha value is -5.80. The van der Waals surface area contributed by atoms with Crippen molar-refractivity contribution in [2.75, 3.05) is 13.2 Å². The van der Waals surface area contributed by atoms with Crippen molar-refractivity contribution >= 4 is 46.0 Å². The van der Waals surface area contributed by atoms with Gasteiger partial charge in [-0.15, -0.1) is 0 Å². The van der Waals surface area contributed by atoms with Crippen molar-refractivity contribution in [3.63, 3.8) is 0 Å². The van der Waals surface area contributed by atoms with Crippen LogP contribution in [0.2, 0.25) is 0 Å². The minimum atomic E-state index is -0.729. The molecule has 4 aromatic carbocycles. The van der Waals surface area contributed by atoms with Crippen LogP contribution >= 0.6 is 11.3 Å². The van der Waals surface area contributed by atoms with E-state index < -0.39 is 12.0 Å². The second kappa shape index (κ2) is 13.7. The quantitative estimate of drug-likeness (QED) is 0.174. The van der Waals surface area contributed by atoms with Crippen LogP contribution in [-0.2, 0) is 20.8 Å². The monoisotopic (exact) mass is 667 g/mol. The summed E-state index contributed by atoms with van der Waals surface area (Å²) >= 11 is 1.30. The van der Waals surface area contributed by atoms with Gasteiger partial charge in [0, 0.05) is 34.8 Å². The highest BCUT2D eigenvalue weighted by Crippen LogP contribution is 2.35. The maximum absolute atomic E-state index is 14.4. The Morgan fingerprint density at radius 2 is 1.47 bits per heavy atom. The molecule has 0 spiro atoms. The molecular formula is C40H33N3O5S. The Bertz CT molecular complexity index is 2390. The molecule has 0 saturated heterocycles. The lowest BCUT2D eigenvalue weighted by Gasteiger charge is -2.25. The van der Waals surface area contributed by atoms with E-state index in [0.29, 0.717) is 39.3 Å². The molecule has 49 heavy (non-hydrogen) atoms. The van der Waals surface area contributed by atoms with Crippen LogP contribution < -0.4 is 14.9 Å². The SMILES string of the molecule is CCOC(=O)C1=C(c2ccccc2)N=c2s/c(=C\c3cn(Cc4ccc(C(=O)OCC)cc4)c4ccccc34)c(=O)n2[C@H]1c1ccccc1. The smallest absolute Gasteiger partial charge is 0.338 e. The van der Waals surface area contributed by atoms with Crippen molar-refractivity contribution in [3.05, 3.63) is 168 Å². The van der Waals surface area contributed by atoms with Gasteiger partial charge in [-0.3, -0.25) is 9.36 Å². The van der Waals surface area contributed by atoms with Crippen LogP contribution in [0, 0.1) is 0 Å². The van der Waals surface area contributed by atoms with Crippen molar-refractivity contribution in [2.24, 2.45) is 4.99 Å². The summed E-state index contributed by atoms with van der Waals surface area (Å²) < 4.78 is 14.9. The summed E-state index contributed by atoms with van der Waals surface area (Å²) in [6.07, 6.45) is 3.95.